The van der Waals surface area contributed by atoms with Crippen LogP contribution < -0.4 is 5.73 Å². The van der Waals surface area contributed by atoms with Crippen molar-refractivity contribution in [1.29, 1.82) is 0 Å². The summed E-state index contributed by atoms with van der Waals surface area (Å²) in [5.74, 6) is 0.481. The van der Waals surface area contributed by atoms with Crippen LogP contribution in [0.3, 0.4) is 0 Å². The van der Waals surface area contributed by atoms with Gasteiger partial charge in [0.1, 0.15) is 5.82 Å². The van der Waals surface area contributed by atoms with Gasteiger partial charge in [-0.05, 0) is 36.5 Å². The summed E-state index contributed by atoms with van der Waals surface area (Å²) >= 11 is 0. The molecule has 1 aromatic rings. The van der Waals surface area contributed by atoms with E-state index in [0.29, 0.717) is 5.92 Å². The Kier molecular flexibility index (Phi) is 4.76. The van der Waals surface area contributed by atoms with Crippen LogP contribution in [0.25, 0.3) is 0 Å². The van der Waals surface area contributed by atoms with E-state index in [9.17, 15) is 4.39 Å². The van der Waals surface area contributed by atoms with Crippen LogP contribution in [0, 0.1) is 11.7 Å². The summed E-state index contributed by atoms with van der Waals surface area (Å²) in [5, 5.41) is 0. The molecule has 0 aliphatic rings. The van der Waals surface area contributed by atoms with Crippen molar-refractivity contribution < 1.29 is 4.39 Å². The smallest absolute Gasteiger partial charge is 0.123 e. The fourth-order valence-corrected chi connectivity index (χ4v) is 1.69. The van der Waals surface area contributed by atoms with Crippen LogP contribution in [0.1, 0.15) is 32.3 Å². The number of rotatable bonds is 5. The van der Waals surface area contributed by atoms with Crippen molar-refractivity contribution in [2.45, 2.75) is 39.2 Å². The fraction of sp³-hybridized carbons (Fsp3) is 0.538. The first kappa shape index (κ1) is 12.2. The average molecular weight is 209 g/mol. The lowest BCUT2D eigenvalue weighted by atomic mass is 9.95. The molecular weight excluding hydrogens is 189 g/mol. The highest BCUT2D eigenvalue weighted by Crippen LogP contribution is 2.12. The first-order valence-corrected chi connectivity index (χ1v) is 5.61. The van der Waals surface area contributed by atoms with E-state index in [1.807, 2.05) is 12.1 Å². The van der Waals surface area contributed by atoms with Crippen LogP contribution in [-0.2, 0) is 6.42 Å². The molecule has 2 heteroatoms. The molecule has 0 heterocycles. The van der Waals surface area contributed by atoms with E-state index in [4.69, 9.17) is 5.73 Å². The average Bonchev–Trinajstić information content (AvgIpc) is 2.21. The molecule has 1 nitrogen and oxygen atoms in total. The zero-order valence-electron chi connectivity index (χ0n) is 9.54. The van der Waals surface area contributed by atoms with Gasteiger partial charge in [0.2, 0.25) is 0 Å². The van der Waals surface area contributed by atoms with E-state index in [-0.39, 0.29) is 11.9 Å². The third kappa shape index (κ3) is 4.43. The molecule has 15 heavy (non-hydrogen) atoms. The van der Waals surface area contributed by atoms with Gasteiger partial charge in [-0.3, -0.25) is 0 Å². The van der Waals surface area contributed by atoms with Crippen molar-refractivity contribution in [1.82, 2.24) is 0 Å². The molecule has 0 saturated carbocycles. The molecule has 1 rings (SSSR count). The quantitative estimate of drug-likeness (QED) is 0.792. The summed E-state index contributed by atoms with van der Waals surface area (Å²) in [7, 11) is 0. The third-order valence-corrected chi connectivity index (χ3v) is 2.81. The summed E-state index contributed by atoms with van der Waals surface area (Å²) in [4.78, 5) is 0. The number of benzene rings is 1. The highest BCUT2D eigenvalue weighted by atomic mass is 19.1. The van der Waals surface area contributed by atoms with Gasteiger partial charge in [-0.15, -0.1) is 0 Å². The molecule has 0 aromatic heterocycles. The molecule has 2 N–H and O–H groups in total. The first-order chi connectivity index (χ1) is 7.11. The van der Waals surface area contributed by atoms with Crippen molar-refractivity contribution in [2.75, 3.05) is 0 Å². The molecule has 0 saturated heterocycles. The lowest BCUT2D eigenvalue weighted by molar-refractivity contribution is 0.450. The fourth-order valence-electron chi connectivity index (χ4n) is 1.69. The maximum absolute atomic E-state index is 12.7. The van der Waals surface area contributed by atoms with Gasteiger partial charge in [-0.2, -0.15) is 0 Å². The number of halogens is 1. The predicted molar refractivity (Wildman–Crippen MR) is 62.2 cm³/mol. The van der Waals surface area contributed by atoms with E-state index in [1.54, 1.807) is 0 Å². The molecule has 0 fully saturated rings. The lowest BCUT2D eigenvalue weighted by Gasteiger charge is -2.15. The van der Waals surface area contributed by atoms with Gasteiger partial charge in [0.25, 0.3) is 0 Å². The van der Waals surface area contributed by atoms with Gasteiger partial charge in [0.05, 0.1) is 0 Å². The summed E-state index contributed by atoms with van der Waals surface area (Å²) in [6, 6.07) is 6.79. The largest absolute Gasteiger partial charge is 0.327 e. The Labute approximate surface area is 91.5 Å². The van der Waals surface area contributed by atoms with E-state index < -0.39 is 0 Å². The van der Waals surface area contributed by atoms with Crippen LogP contribution in [0.15, 0.2) is 24.3 Å². The second-order valence-corrected chi connectivity index (χ2v) is 4.34. The topological polar surface area (TPSA) is 26.0 Å². The summed E-state index contributed by atoms with van der Waals surface area (Å²) in [6.07, 6.45) is 3.04. The van der Waals surface area contributed by atoms with Crippen LogP contribution in [0.2, 0.25) is 0 Å². The molecule has 0 spiro atoms. The van der Waals surface area contributed by atoms with Crippen molar-refractivity contribution >= 4 is 0 Å². The predicted octanol–water partition coefficient (Wildman–Crippen LogP) is 3.13. The van der Waals surface area contributed by atoms with Crippen LogP contribution in [-0.4, -0.2) is 6.04 Å². The van der Waals surface area contributed by atoms with Crippen molar-refractivity contribution in [2.24, 2.45) is 11.7 Å². The second kappa shape index (κ2) is 5.86. The molecule has 0 aliphatic carbocycles. The highest BCUT2D eigenvalue weighted by Gasteiger charge is 2.08. The van der Waals surface area contributed by atoms with Crippen LogP contribution in [0.5, 0.6) is 0 Å². The molecule has 2 unspecified atom stereocenters. The summed E-state index contributed by atoms with van der Waals surface area (Å²) < 4.78 is 12.7. The summed E-state index contributed by atoms with van der Waals surface area (Å²) in [6.45, 7) is 4.39. The van der Waals surface area contributed by atoms with Crippen molar-refractivity contribution in [3.63, 3.8) is 0 Å². The minimum Gasteiger partial charge on any atom is -0.327 e. The zero-order valence-corrected chi connectivity index (χ0v) is 9.54. The van der Waals surface area contributed by atoms with Crippen LogP contribution >= 0.6 is 0 Å². The molecule has 1 aromatic carbocycles. The number of hydrogen-bond acceptors (Lipinski definition) is 1. The summed E-state index contributed by atoms with van der Waals surface area (Å²) in [5.41, 5.74) is 7.14. The van der Waals surface area contributed by atoms with Gasteiger partial charge in [0.15, 0.2) is 0 Å². The Morgan fingerprint density at radius 1 is 1.27 bits per heavy atom. The number of nitrogens with two attached hydrogens (primary N) is 1. The normalized spacial score (nSPS) is 14.9. The SMILES string of the molecule is CCC(C)CC(N)Cc1ccc(F)cc1. The third-order valence-electron chi connectivity index (χ3n) is 2.81. The Hall–Kier alpha value is -0.890. The maximum atomic E-state index is 12.7. The standard InChI is InChI=1S/C13H20FN/c1-3-10(2)8-13(15)9-11-4-6-12(14)7-5-11/h4-7,10,13H,3,8-9,15H2,1-2H3. The Morgan fingerprint density at radius 2 is 1.87 bits per heavy atom. The maximum Gasteiger partial charge on any atom is 0.123 e. The monoisotopic (exact) mass is 209 g/mol. The van der Waals surface area contributed by atoms with Gasteiger partial charge < -0.3 is 5.73 Å². The minimum absolute atomic E-state index is 0.186. The van der Waals surface area contributed by atoms with Crippen molar-refractivity contribution in [3.05, 3.63) is 35.6 Å². The molecule has 0 bridgehead atoms. The van der Waals surface area contributed by atoms with E-state index in [0.717, 1.165) is 24.8 Å². The van der Waals surface area contributed by atoms with Gasteiger partial charge in [-0.1, -0.05) is 32.4 Å². The highest BCUT2D eigenvalue weighted by molar-refractivity contribution is 5.17. The Morgan fingerprint density at radius 3 is 2.40 bits per heavy atom. The second-order valence-electron chi connectivity index (χ2n) is 4.34. The first-order valence-electron chi connectivity index (χ1n) is 5.61. The Bertz CT molecular complexity index is 281. The van der Waals surface area contributed by atoms with Gasteiger partial charge in [-0.25, -0.2) is 4.39 Å². The van der Waals surface area contributed by atoms with Gasteiger partial charge in [0, 0.05) is 6.04 Å². The van der Waals surface area contributed by atoms with Gasteiger partial charge >= 0.3 is 0 Å². The minimum atomic E-state index is -0.186. The molecule has 2 atom stereocenters. The number of hydrogen-bond donors (Lipinski definition) is 1. The molecule has 0 aliphatic heterocycles. The van der Waals surface area contributed by atoms with E-state index in [2.05, 4.69) is 13.8 Å². The van der Waals surface area contributed by atoms with Crippen LogP contribution in [0.4, 0.5) is 4.39 Å². The van der Waals surface area contributed by atoms with E-state index >= 15 is 0 Å². The Balaban J connectivity index is 2.44. The molecule has 84 valence electrons. The molecule has 0 amide bonds. The van der Waals surface area contributed by atoms with E-state index in [1.165, 1.54) is 12.1 Å². The van der Waals surface area contributed by atoms with Crippen molar-refractivity contribution in [3.8, 4) is 0 Å². The lowest BCUT2D eigenvalue weighted by Crippen LogP contribution is -2.25. The molecular formula is C13H20FN. The molecule has 0 radical (unpaired) electrons. The zero-order chi connectivity index (χ0) is 11.3.